The quantitative estimate of drug-likeness (QED) is 0.436. The zero-order chi connectivity index (χ0) is 19.8. The van der Waals surface area contributed by atoms with Crippen LogP contribution in [0.1, 0.15) is 51.9 Å². The number of carbonyl (C=O) groups excluding carboxylic acids is 2. The van der Waals surface area contributed by atoms with Crippen molar-refractivity contribution in [2.75, 3.05) is 0 Å². The molecule has 0 N–H and O–H groups in total. The van der Waals surface area contributed by atoms with Gasteiger partial charge in [-0.3, -0.25) is 9.59 Å². The first-order chi connectivity index (χ1) is 13.7. The second-order valence-electron chi connectivity index (χ2n) is 6.74. The highest BCUT2D eigenvalue weighted by molar-refractivity contribution is 8.04. The average molecular weight is 397 g/mol. The van der Waals surface area contributed by atoms with Gasteiger partial charge in [-0.05, 0) is 53.2 Å². The van der Waals surface area contributed by atoms with Gasteiger partial charge in [-0.1, -0.05) is 57.2 Å². The summed E-state index contributed by atoms with van der Waals surface area (Å²) in [6, 6.07) is 9.45. The summed E-state index contributed by atoms with van der Waals surface area (Å²) >= 11 is 1.14. The molecule has 0 saturated heterocycles. The summed E-state index contributed by atoms with van der Waals surface area (Å²) in [6.45, 7) is 2.19. The van der Waals surface area contributed by atoms with E-state index in [-0.39, 0.29) is 11.6 Å². The first-order valence-corrected chi connectivity index (χ1v) is 10.5. The van der Waals surface area contributed by atoms with Crippen LogP contribution in [0.2, 0.25) is 0 Å². The second-order valence-corrected chi connectivity index (χ2v) is 7.75. The monoisotopic (exact) mass is 396 g/mol. The molecule has 1 heterocycles. The molecule has 0 saturated carbocycles. The van der Waals surface area contributed by atoms with Crippen molar-refractivity contribution in [2.24, 2.45) is 0 Å². The molecule has 0 aliphatic heterocycles. The number of carbonyl (C=O) groups is 2. The van der Waals surface area contributed by atoms with E-state index in [1.165, 1.54) is 37.8 Å². The maximum absolute atomic E-state index is 12.8. The number of para-hydroxylation sites is 1. The van der Waals surface area contributed by atoms with Crippen LogP contribution >= 0.6 is 11.8 Å². The molecule has 28 heavy (non-hydrogen) atoms. The summed E-state index contributed by atoms with van der Waals surface area (Å²) in [4.78, 5) is 25.3. The van der Waals surface area contributed by atoms with Crippen LogP contribution in [0.25, 0.3) is 5.69 Å². The fraction of sp³-hybridized carbons (Fsp3) is 0.381. The molecule has 1 aromatic heterocycles. The molecule has 0 bridgehead atoms. The molecule has 3 rings (SSSR count). The van der Waals surface area contributed by atoms with Crippen molar-refractivity contribution in [3.05, 3.63) is 53.0 Å². The molecule has 146 valence electrons. The lowest BCUT2D eigenvalue weighted by atomic mass is 9.97. The molecule has 0 atom stereocenters. The Bertz CT molecular complexity index is 887. The highest BCUT2D eigenvalue weighted by atomic mass is 32.2. The molecule has 1 aliphatic carbocycles. The highest BCUT2D eigenvalue weighted by Crippen LogP contribution is 2.31. The van der Waals surface area contributed by atoms with Gasteiger partial charge in [-0.25, -0.2) is 0 Å². The number of hydrogen-bond acceptors (Lipinski definition) is 6. The van der Waals surface area contributed by atoms with E-state index in [9.17, 15) is 9.59 Å². The van der Waals surface area contributed by atoms with Gasteiger partial charge in [0.1, 0.15) is 0 Å². The predicted octanol–water partition coefficient (Wildman–Crippen LogP) is 4.47. The first kappa shape index (κ1) is 20.2. The average Bonchev–Trinajstić information content (AvgIpc) is 3.16. The third-order valence-corrected chi connectivity index (χ3v) is 5.51. The number of rotatable bonds is 10. The predicted molar refractivity (Wildman–Crippen MR) is 109 cm³/mol. The molecule has 1 aromatic carbocycles. The Kier molecular flexibility index (Phi) is 7.31. The Hall–Kier alpha value is -2.54. The number of aromatic nitrogens is 4. The smallest absolute Gasteiger partial charge is 0.219 e. The summed E-state index contributed by atoms with van der Waals surface area (Å²) < 4.78 is 1.56. The van der Waals surface area contributed by atoms with Crippen LogP contribution in [-0.2, 0) is 9.59 Å². The fourth-order valence-corrected chi connectivity index (χ4v) is 3.96. The third kappa shape index (κ3) is 5.25. The number of benzene rings is 1. The van der Waals surface area contributed by atoms with Crippen molar-refractivity contribution in [1.82, 2.24) is 20.2 Å². The lowest BCUT2D eigenvalue weighted by molar-refractivity contribution is -0.114. The van der Waals surface area contributed by atoms with Gasteiger partial charge in [0.25, 0.3) is 0 Å². The first-order valence-electron chi connectivity index (χ1n) is 9.71. The van der Waals surface area contributed by atoms with Gasteiger partial charge in [0.15, 0.2) is 11.6 Å². The zero-order valence-electron chi connectivity index (χ0n) is 16.0. The Balaban J connectivity index is 1.63. The Morgan fingerprint density at radius 3 is 2.50 bits per heavy atom. The standard InChI is InChI=1S/C21H24N4O2S/c1-2-3-4-5-6-8-11-16-14-18(26)15-19(20(16)27)28-21-22-23-24-25(21)17-12-9-7-10-13-17/h7,9-10,12-15H,2-6,8,11H2,1H3. The molecule has 1 aliphatic rings. The number of thioether (sulfide) groups is 1. The van der Waals surface area contributed by atoms with Gasteiger partial charge in [-0.15, -0.1) is 5.10 Å². The fourth-order valence-electron chi connectivity index (χ4n) is 3.06. The lowest BCUT2D eigenvalue weighted by Crippen LogP contribution is -2.13. The Labute approximate surface area is 169 Å². The molecule has 0 unspecified atom stereocenters. The number of unbranched alkanes of at least 4 members (excludes halogenated alkanes) is 5. The van der Waals surface area contributed by atoms with Gasteiger partial charge >= 0.3 is 0 Å². The van der Waals surface area contributed by atoms with E-state index < -0.39 is 0 Å². The Morgan fingerprint density at radius 1 is 0.964 bits per heavy atom. The molecule has 0 spiro atoms. The molecule has 0 fully saturated rings. The van der Waals surface area contributed by atoms with Gasteiger partial charge in [0, 0.05) is 11.6 Å². The summed E-state index contributed by atoms with van der Waals surface area (Å²) in [6.07, 6.45) is 10.4. The van der Waals surface area contributed by atoms with Gasteiger partial charge in [-0.2, -0.15) is 4.68 Å². The van der Waals surface area contributed by atoms with Crippen LogP contribution in [0, 0.1) is 0 Å². The molecule has 0 radical (unpaired) electrons. The molecule has 0 amide bonds. The minimum absolute atomic E-state index is 0.0965. The van der Waals surface area contributed by atoms with Crippen LogP contribution in [0.5, 0.6) is 0 Å². The van der Waals surface area contributed by atoms with Gasteiger partial charge in [0.2, 0.25) is 5.16 Å². The molecule has 7 heteroatoms. The molecule has 2 aromatic rings. The highest BCUT2D eigenvalue weighted by Gasteiger charge is 2.24. The number of hydrogen-bond donors (Lipinski definition) is 0. The van der Waals surface area contributed by atoms with E-state index in [2.05, 4.69) is 22.4 Å². The van der Waals surface area contributed by atoms with Gasteiger partial charge in [0.05, 0.1) is 10.6 Å². The molecular formula is C21H24N4O2S. The van der Waals surface area contributed by atoms with Crippen molar-refractivity contribution in [3.63, 3.8) is 0 Å². The largest absolute Gasteiger partial charge is 0.290 e. The summed E-state index contributed by atoms with van der Waals surface area (Å²) in [7, 11) is 0. The summed E-state index contributed by atoms with van der Waals surface area (Å²) in [5, 5.41) is 12.2. The minimum Gasteiger partial charge on any atom is -0.290 e. The number of nitrogens with zero attached hydrogens (tertiary/aromatic N) is 4. The van der Waals surface area contributed by atoms with Crippen molar-refractivity contribution in [2.45, 2.75) is 57.0 Å². The van der Waals surface area contributed by atoms with Crippen LogP contribution in [0.4, 0.5) is 0 Å². The summed E-state index contributed by atoms with van der Waals surface area (Å²) in [5.74, 6) is -0.248. The van der Waals surface area contributed by atoms with Crippen molar-refractivity contribution >= 4 is 23.3 Å². The van der Waals surface area contributed by atoms with Crippen molar-refractivity contribution < 1.29 is 9.59 Å². The topological polar surface area (TPSA) is 77.7 Å². The maximum Gasteiger partial charge on any atom is 0.219 e. The second kappa shape index (κ2) is 10.1. The summed E-state index contributed by atoms with van der Waals surface area (Å²) in [5.41, 5.74) is 1.39. The van der Waals surface area contributed by atoms with Crippen LogP contribution in [0.3, 0.4) is 0 Å². The van der Waals surface area contributed by atoms with Gasteiger partial charge < -0.3 is 0 Å². The maximum atomic E-state index is 12.8. The number of tetrazole rings is 1. The van der Waals surface area contributed by atoms with Crippen molar-refractivity contribution in [1.29, 1.82) is 0 Å². The lowest BCUT2D eigenvalue weighted by Gasteiger charge is -2.13. The zero-order valence-corrected chi connectivity index (χ0v) is 16.8. The van der Waals surface area contributed by atoms with E-state index in [0.29, 0.717) is 22.1 Å². The minimum atomic E-state index is -0.151. The molecule has 6 nitrogen and oxygen atoms in total. The van der Waals surface area contributed by atoms with Crippen LogP contribution in [-0.4, -0.2) is 31.8 Å². The Morgan fingerprint density at radius 2 is 1.71 bits per heavy atom. The molecular weight excluding hydrogens is 372 g/mol. The van der Waals surface area contributed by atoms with Crippen molar-refractivity contribution in [3.8, 4) is 5.69 Å². The van der Waals surface area contributed by atoms with Crippen LogP contribution in [0.15, 0.2) is 58.1 Å². The number of ketones is 2. The van der Waals surface area contributed by atoms with Crippen LogP contribution < -0.4 is 0 Å². The normalized spacial score (nSPS) is 14.2. The van der Waals surface area contributed by atoms with E-state index in [0.717, 1.165) is 30.3 Å². The number of allylic oxidation sites excluding steroid dienone is 4. The number of Topliss-reactive ketones (excluding diaryl/α,β-unsaturated/α-hetero) is 1. The van der Waals surface area contributed by atoms with E-state index >= 15 is 0 Å². The third-order valence-electron chi connectivity index (χ3n) is 4.55. The van der Waals surface area contributed by atoms with E-state index in [1.807, 2.05) is 30.3 Å². The van der Waals surface area contributed by atoms with E-state index in [1.54, 1.807) is 4.68 Å². The SMILES string of the molecule is CCCCCCCCC1=CC(=O)C=C(Sc2nnnn2-c2ccccc2)C1=O. The van der Waals surface area contributed by atoms with E-state index in [4.69, 9.17) is 0 Å².